The van der Waals surface area contributed by atoms with Crippen LogP contribution >= 0.6 is 0 Å². The quantitative estimate of drug-likeness (QED) is 0.594. The molecule has 0 saturated carbocycles. The zero-order chi connectivity index (χ0) is 16.1. The Morgan fingerprint density at radius 2 is 1.46 bits per heavy atom. The molecule has 0 aliphatic heterocycles. The molecule has 0 spiro atoms. The van der Waals surface area contributed by atoms with Crippen LogP contribution in [0, 0.1) is 0 Å². The number of hydrogen-bond acceptors (Lipinski definition) is 0. The summed E-state index contributed by atoms with van der Waals surface area (Å²) >= 11 is 0. The first-order chi connectivity index (χ1) is 11.1. The van der Waals surface area contributed by atoms with E-state index < -0.39 is 0 Å². The van der Waals surface area contributed by atoms with Gasteiger partial charge in [-0.05, 0) is 22.4 Å². The van der Waals surface area contributed by atoms with Gasteiger partial charge >= 0.3 is 0 Å². The van der Waals surface area contributed by atoms with E-state index in [-0.39, 0.29) is 17.0 Å². The predicted octanol–water partition coefficient (Wildman–Crippen LogP) is 2.13. The van der Waals surface area contributed by atoms with Gasteiger partial charge in [-0.2, -0.15) is 0 Å². The summed E-state index contributed by atoms with van der Waals surface area (Å²) in [6.45, 7) is 2.04. The van der Waals surface area contributed by atoms with Crippen LogP contribution in [0.3, 0.4) is 0 Å². The van der Waals surface area contributed by atoms with Crippen LogP contribution in [0.2, 0.25) is 0 Å². The van der Waals surface area contributed by atoms with Crippen molar-refractivity contribution in [3.63, 3.8) is 0 Å². The molecule has 24 heavy (non-hydrogen) atoms. The number of nitrogens with zero attached hydrogens (tertiary/aromatic N) is 1. The Hall–Kier alpha value is -1.90. The van der Waals surface area contributed by atoms with Gasteiger partial charge in [-0.1, -0.05) is 78.9 Å². The van der Waals surface area contributed by atoms with Crippen molar-refractivity contribution in [2.45, 2.75) is 6.54 Å². The Labute approximate surface area is 155 Å². The molecular formula is C22H24BrN. The normalized spacial score (nSPS) is 11.6. The highest BCUT2D eigenvalue weighted by Gasteiger charge is 2.15. The van der Waals surface area contributed by atoms with Crippen LogP contribution < -0.4 is 17.0 Å². The van der Waals surface area contributed by atoms with Gasteiger partial charge in [0.2, 0.25) is 0 Å². The van der Waals surface area contributed by atoms with Crippen molar-refractivity contribution < 1.29 is 21.5 Å². The fourth-order valence-corrected chi connectivity index (χ4v) is 2.99. The van der Waals surface area contributed by atoms with E-state index in [0.717, 1.165) is 17.6 Å². The second-order valence-corrected chi connectivity index (χ2v) is 6.73. The van der Waals surface area contributed by atoms with Crippen LogP contribution in [-0.4, -0.2) is 25.1 Å². The topological polar surface area (TPSA) is 0 Å². The minimum absolute atomic E-state index is 0. The number of fused-ring (bicyclic) bond motifs is 1. The molecule has 2 heteroatoms. The minimum atomic E-state index is 0. The van der Waals surface area contributed by atoms with Crippen LogP contribution in [0.5, 0.6) is 0 Å². The maximum Gasteiger partial charge on any atom is 0.105 e. The van der Waals surface area contributed by atoms with Gasteiger partial charge < -0.3 is 21.5 Å². The lowest BCUT2D eigenvalue weighted by molar-refractivity contribution is -0.897. The standard InChI is InChI=1S/C22H24N.BrH/c1-23(2,17-9-12-19-10-4-3-5-11-19)18-21-15-8-14-20-13-6-7-16-22(20)21;/h3-16H,17-18H2,1-2H3;1H/q+1;/p-1/b12-9+;. The summed E-state index contributed by atoms with van der Waals surface area (Å²) in [7, 11) is 4.58. The third-order valence-electron chi connectivity index (χ3n) is 4.19. The number of halogens is 1. The summed E-state index contributed by atoms with van der Waals surface area (Å²) in [4.78, 5) is 0. The summed E-state index contributed by atoms with van der Waals surface area (Å²) in [5.74, 6) is 0. The molecule has 124 valence electrons. The van der Waals surface area contributed by atoms with Crippen molar-refractivity contribution in [3.05, 3.63) is 90.0 Å². The van der Waals surface area contributed by atoms with Crippen LogP contribution in [-0.2, 0) is 6.54 Å². The third-order valence-corrected chi connectivity index (χ3v) is 4.19. The van der Waals surface area contributed by atoms with E-state index in [1.54, 1.807) is 0 Å². The first-order valence-electron chi connectivity index (χ1n) is 8.14. The maximum atomic E-state index is 2.29. The molecule has 0 aliphatic carbocycles. The van der Waals surface area contributed by atoms with Gasteiger partial charge in [0.25, 0.3) is 0 Å². The molecule has 3 aromatic rings. The Morgan fingerprint density at radius 1 is 0.792 bits per heavy atom. The molecule has 0 bridgehead atoms. The number of quaternary nitrogens is 1. The SMILES string of the molecule is C[N+](C)(C/C=C/c1ccccc1)Cc1cccc2ccccc12.[Br-]. The van der Waals surface area contributed by atoms with Crippen LogP contribution in [0.1, 0.15) is 11.1 Å². The number of likely N-dealkylation sites (N-methyl/N-ethyl adjacent to an activating group) is 1. The van der Waals surface area contributed by atoms with E-state index in [1.165, 1.54) is 21.9 Å². The highest BCUT2D eigenvalue weighted by Crippen LogP contribution is 2.21. The van der Waals surface area contributed by atoms with E-state index in [2.05, 4.69) is 99.0 Å². The largest absolute Gasteiger partial charge is 1.00 e. The molecule has 0 amide bonds. The Morgan fingerprint density at radius 3 is 2.25 bits per heavy atom. The molecule has 0 radical (unpaired) electrons. The zero-order valence-electron chi connectivity index (χ0n) is 14.3. The molecule has 0 N–H and O–H groups in total. The highest BCUT2D eigenvalue weighted by atomic mass is 79.9. The summed E-state index contributed by atoms with van der Waals surface area (Å²) < 4.78 is 0.942. The smallest absolute Gasteiger partial charge is 0.105 e. The fourth-order valence-electron chi connectivity index (χ4n) is 2.99. The lowest BCUT2D eigenvalue weighted by Crippen LogP contribution is -3.00. The van der Waals surface area contributed by atoms with Gasteiger partial charge in [0, 0.05) is 5.56 Å². The van der Waals surface area contributed by atoms with Crippen molar-refractivity contribution in [1.82, 2.24) is 0 Å². The highest BCUT2D eigenvalue weighted by molar-refractivity contribution is 5.85. The summed E-state index contributed by atoms with van der Waals surface area (Å²) in [6, 6.07) is 25.7. The molecule has 3 aromatic carbocycles. The number of rotatable bonds is 5. The fraction of sp³-hybridized carbons (Fsp3) is 0.182. The Balaban J connectivity index is 0.00000208. The van der Waals surface area contributed by atoms with Crippen molar-refractivity contribution in [3.8, 4) is 0 Å². The summed E-state index contributed by atoms with van der Waals surface area (Å²) in [5.41, 5.74) is 2.68. The van der Waals surface area contributed by atoms with Crippen LogP contribution in [0.15, 0.2) is 78.9 Å². The van der Waals surface area contributed by atoms with E-state index in [0.29, 0.717) is 0 Å². The van der Waals surface area contributed by atoms with Crippen LogP contribution in [0.4, 0.5) is 0 Å². The predicted molar refractivity (Wildman–Crippen MR) is 100 cm³/mol. The van der Waals surface area contributed by atoms with Crippen molar-refractivity contribution in [1.29, 1.82) is 0 Å². The minimum Gasteiger partial charge on any atom is -1.00 e. The molecule has 0 atom stereocenters. The van der Waals surface area contributed by atoms with Crippen molar-refractivity contribution in [2.75, 3.05) is 20.6 Å². The Bertz CT molecular complexity index is 801. The number of benzene rings is 3. The average molecular weight is 382 g/mol. The first kappa shape index (κ1) is 18.4. The lowest BCUT2D eigenvalue weighted by Gasteiger charge is -2.29. The van der Waals surface area contributed by atoms with E-state index in [1.807, 2.05) is 0 Å². The van der Waals surface area contributed by atoms with Gasteiger partial charge in [0.05, 0.1) is 20.6 Å². The summed E-state index contributed by atoms with van der Waals surface area (Å²) in [5, 5.41) is 2.69. The second-order valence-electron chi connectivity index (χ2n) is 6.73. The first-order valence-corrected chi connectivity index (χ1v) is 8.14. The Kier molecular flexibility index (Phi) is 6.36. The van der Waals surface area contributed by atoms with Gasteiger partial charge in [0.15, 0.2) is 0 Å². The average Bonchev–Trinajstić information content (AvgIpc) is 2.56. The zero-order valence-corrected chi connectivity index (χ0v) is 15.9. The van der Waals surface area contributed by atoms with Gasteiger partial charge in [-0.15, -0.1) is 0 Å². The van der Waals surface area contributed by atoms with E-state index in [9.17, 15) is 0 Å². The van der Waals surface area contributed by atoms with Crippen molar-refractivity contribution >= 4 is 16.8 Å². The van der Waals surface area contributed by atoms with Gasteiger partial charge in [0.1, 0.15) is 6.54 Å². The lowest BCUT2D eigenvalue weighted by atomic mass is 10.0. The van der Waals surface area contributed by atoms with E-state index >= 15 is 0 Å². The van der Waals surface area contributed by atoms with E-state index in [4.69, 9.17) is 0 Å². The molecular weight excluding hydrogens is 358 g/mol. The molecule has 0 unspecified atom stereocenters. The van der Waals surface area contributed by atoms with Gasteiger partial charge in [-0.3, -0.25) is 0 Å². The second kappa shape index (κ2) is 8.27. The molecule has 0 aliphatic rings. The summed E-state index contributed by atoms with van der Waals surface area (Å²) in [6.07, 6.45) is 4.49. The van der Waals surface area contributed by atoms with Crippen molar-refractivity contribution in [2.24, 2.45) is 0 Å². The molecule has 3 rings (SSSR count). The monoisotopic (exact) mass is 381 g/mol. The van der Waals surface area contributed by atoms with Crippen LogP contribution in [0.25, 0.3) is 16.8 Å². The molecule has 0 fully saturated rings. The molecule has 1 nitrogen and oxygen atoms in total. The molecule has 0 heterocycles. The molecule has 0 saturated heterocycles. The number of hydrogen-bond donors (Lipinski definition) is 0. The maximum absolute atomic E-state index is 2.29. The molecule has 0 aromatic heterocycles. The third kappa shape index (κ3) is 4.80. The van der Waals surface area contributed by atoms with Gasteiger partial charge in [-0.25, -0.2) is 0 Å².